The first kappa shape index (κ1) is 22.2. The summed E-state index contributed by atoms with van der Waals surface area (Å²) in [7, 11) is -2.14. The van der Waals surface area contributed by atoms with Crippen molar-refractivity contribution in [3.05, 3.63) is 54.1 Å². The number of hydrogen-bond donors (Lipinski definition) is 1. The summed E-state index contributed by atoms with van der Waals surface area (Å²) in [6.45, 7) is 2.28. The summed E-state index contributed by atoms with van der Waals surface area (Å²) < 4.78 is 35.7. The van der Waals surface area contributed by atoms with Gasteiger partial charge in [-0.15, -0.1) is 0 Å². The van der Waals surface area contributed by atoms with Gasteiger partial charge in [-0.3, -0.25) is 9.10 Å². The highest BCUT2D eigenvalue weighted by atomic mass is 32.2. The zero-order valence-electron chi connectivity index (χ0n) is 16.7. The van der Waals surface area contributed by atoms with Crippen LogP contribution in [-0.2, 0) is 14.8 Å². The molecule has 0 radical (unpaired) electrons. The third-order valence-electron chi connectivity index (χ3n) is 3.80. The maximum Gasteiger partial charge on any atom is 0.260 e. The number of nitrogens with zero attached hydrogens (tertiary/aromatic N) is 2. The van der Waals surface area contributed by atoms with E-state index in [4.69, 9.17) is 9.47 Å². The highest BCUT2D eigenvalue weighted by Crippen LogP contribution is 2.21. The Kier molecular flexibility index (Phi) is 8.02. The number of methoxy groups -OCH3 is 1. The van der Waals surface area contributed by atoms with Gasteiger partial charge < -0.3 is 9.47 Å². The van der Waals surface area contributed by atoms with Gasteiger partial charge in [0.05, 0.1) is 31.9 Å². The molecule has 2 aromatic rings. The second-order valence-corrected chi connectivity index (χ2v) is 8.09. The van der Waals surface area contributed by atoms with Crippen LogP contribution in [0.5, 0.6) is 11.5 Å². The zero-order chi connectivity index (χ0) is 21.3. The molecule has 0 saturated heterocycles. The Hall–Kier alpha value is -3.07. The second kappa shape index (κ2) is 10.5. The van der Waals surface area contributed by atoms with Gasteiger partial charge in [-0.1, -0.05) is 6.92 Å². The van der Waals surface area contributed by atoms with Crippen LogP contribution in [0.15, 0.2) is 53.6 Å². The van der Waals surface area contributed by atoms with Crippen molar-refractivity contribution in [2.45, 2.75) is 13.3 Å². The molecule has 0 aliphatic carbocycles. The highest BCUT2D eigenvalue weighted by Gasteiger charge is 2.20. The van der Waals surface area contributed by atoms with Crippen molar-refractivity contribution in [3.63, 3.8) is 0 Å². The molecule has 2 aromatic carbocycles. The molecule has 0 unspecified atom stereocenters. The highest BCUT2D eigenvalue weighted by molar-refractivity contribution is 7.92. The molecule has 9 heteroatoms. The molecular weight excluding hydrogens is 394 g/mol. The molecule has 1 amide bonds. The Morgan fingerprint density at radius 1 is 1.10 bits per heavy atom. The molecule has 0 atom stereocenters. The van der Waals surface area contributed by atoms with E-state index in [1.807, 2.05) is 19.1 Å². The largest absolute Gasteiger partial charge is 0.497 e. The standard InChI is InChI=1S/C20H25N3O5S/c1-4-13-28-19-9-5-16(6-10-19)14-21-22-20(24)15-23(29(3,25)26)17-7-11-18(27-2)12-8-17/h5-12,14H,4,13,15H2,1-3H3,(H,22,24)/b21-14-. The van der Waals surface area contributed by atoms with Crippen LogP contribution >= 0.6 is 0 Å². The van der Waals surface area contributed by atoms with Crippen molar-refractivity contribution in [3.8, 4) is 11.5 Å². The van der Waals surface area contributed by atoms with Crippen LogP contribution in [0.1, 0.15) is 18.9 Å². The maximum atomic E-state index is 12.2. The summed E-state index contributed by atoms with van der Waals surface area (Å²) in [5.41, 5.74) is 3.47. The Morgan fingerprint density at radius 2 is 1.72 bits per heavy atom. The van der Waals surface area contributed by atoms with Gasteiger partial charge in [0, 0.05) is 0 Å². The molecule has 0 heterocycles. The average Bonchev–Trinajstić information content (AvgIpc) is 2.71. The van der Waals surface area contributed by atoms with E-state index < -0.39 is 22.5 Å². The number of carbonyl (C=O) groups is 1. The quantitative estimate of drug-likeness (QED) is 0.471. The monoisotopic (exact) mass is 419 g/mol. The van der Waals surface area contributed by atoms with Gasteiger partial charge in [-0.05, 0) is 60.5 Å². The number of carbonyl (C=O) groups excluding carboxylic acids is 1. The van der Waals surface area contributed by atoms with Gasteiger partial charge in [0.25, 0.3) is 5.91 Å². The molecule has 0 aromatic heterocycles. The number of sulfonamides is 1. The van der Waals surface area contributed by atoms with Crippen LogP contribution in [0.3, 0.4) is 0 Å². The van der Waals surface area contributed by atoms with E-state index in [9.17, 15) is 13.2 Å². The lowest BCUT2D eigenvalue weighted by Gasteiger charge is -2.21. The summed E-state index contributed by atoms with van der Waals surface area (Å²) in [5, 5.41) is 3.88. The SMILES string of the molecule is CCCOc1ccc(/C=N\NC(=O)CN(c2ccc(OC)cc2)S(C)(=O)=O)cc1. The number of amides is 1. The number of rotatable bonds is 10. The molecule has 0 aliphatic heterocycles. The van der Waals surface area contributed by atoms with E-state index in [-0.39, 0.29) is 0 Å². The summed E-state index contributed by atoms with van der Waals surface area (Å²) in [6.07, 6.45) is 3.44. The minimum Gasteiger partial charge on any atom is -0.497 e. The minimum atomic E-state index is -3.66. The normalized spacial score (nSPS) is 11.3. The Labute approximate surface area is 171 Å². The predicted molar refractivity (Wildman–Crippen MR) is 113 cm³/mol. The van der Waals surface area contributed by atoms with Crippen LogP contribution in [0, 0.1) is 0 Å². The van der Waals surface area contributed by atoms with Crippen molar-refractivity contribution < 1.29 is 22.7 Å². The van der Waals surface area contributed by atoms with Crippen LogP contribution in [0.2, 0.25) is 0 Å². The Morgan fingerprint density at radius 3 is 2.28 bits per heavy atom. The zero-order valence-corrected chi connectivity index (χ0v) is 17.5. The summed E-state index contributed by atoms with van der Waals surface area (Å²) in [4.78, 5) is 12.2. The predicted octanol–water partition coefficient (Wildman–Crippen LogP) is 2.40. The molecule has 0 aliphatic rings. The van der Waals surface area contributed by atoms with Gasteiger partial charge in [-0.25, -0.2) is 13.8 Å². The number of hydrogen-bond acceptors (Lipinski definition) is 6. The van der Waals surface area contributed by atoms with Crippen molar-refractivity contribution in [1.29, 1.82) is 0 Å². The van der Waals surface area contributed by atoms with E-state index in [1.54, 1.807) is 36.4 Å². The molecular formula is C20H25N3O5S. The lowest BCUT2D eigenvalue weighted by Crippen LogP contribution is -2.39. The molecule has 0 bridgehead atoms. The average molecular weight is 420 g/mol. The third kappa shape index (κ3) is 7.11. The fraction of sp³-hybridized carbons (Fsp3) is 0.300. The number of anilines is 1. The molecule has 156 valence electrons. The summed E-state index contributed by atoms with van der Waals surface area (Å²) in [5.74, 6) is 0.782. The van der Waals surface area contributed by atoms with Crippen molar-refractivity contribution >= 4 is 27.8 Å². The number of hydrazone groups is 1. The van der Waals surface area contributed by atoms with E-state index in [1.165, 1.54) is 13.3 Å². The third-order valence-corrected chi connectivity index (χ3v) is 4.94. The first-order valence-corrected chi connectivity index (χ1v) is 10.8. The van der Waals surface area contributed by atoms with Crippen molar-refractivity contribution in [1.82, 2.24) is 5.43 Å². The second-order valence-electron chi connectivity index (χ2n) is 6.18. The first-order valence-electron chi connectivity index (χ1n) is 9.00. The molecule has 0 saturated carbocycles. The number of nitrogens with one attached hydrogen (secondary N) is 1. The molecule has 2 rings (SSSR count). The molecule has 29 heavy (non-hydrogen) atoms. The van der Waals surface area contributed by atoms with Gasteiger partial charge in [0.2, 0.25) is 10.0 Å². The van der Waals surface area contributed by atoms with E-state index in [2.05, 4.69) is 10.5 Å². The van der Waals surface area contributed by atoms with Gasteiger partial charge >= 0.3 is 0 Å². The fourth-order valence-electron chi connectivity index (χ4n) is 2.36. The fourth-order valence-corrected chi connectivity index (χ4v) is 3.22. The van der Waals surface area contributed by atoms with Crippen LogP contribution in [-0.4, -0.2) is 47.1 Å². The maximum absolute atomic E-state index is 12.2. The van der Waals surface area contributed by atoms with E-state index >= 15 is 0 Å². The van der Waals surface area contributed by atoms with E-state index in [0.29, 0.717) is 18.0 Å². The Bertz CT molecular complexity index is 926. The minimum absolute atomic E-state index is 0.357. The lowest BCUT2D eigenvalue weighted by molar-refractivity contribution is -0.119. The van der Waals surface area contributed by atoms with Crippen LogP contribution in [0.25, 0.3) is 0 Å². The van der Waals surface area contributed by atoms with Crippen molar-refractivity contribution in [2.24, 2.45) is 5.10 Å². The number of benzene rings is 2. The molecule has 0 fully saturated rings. The molecule has 0 spiro atoms. The molecule has 1 N–H and O–H groups in total. The summed E-state index contributed by atoms with van der Waals surface area (Å²) in [6, 6.07) is 13.6. The summed E-state index contributed by atoms with van der Waals surface area (Å²) >= 11 is 0. The van der Waals surface area contributed by atoms with Gasteiger partial charge in [0.15, 0.2) is 0 Å². The number of ether oxygens (including phenoxy) is 2. The smallest absolute Gasteiger partial charge is 0.260 e. The Balaban J connectivity index is 1.98. The van der Waals surface area contributed by atoms with Gasteiger partial charge in [0.1, 0.15) is 18.0 Å². The van der Waals surface area contributed by atoms with E-state index in [0.717, 1.165) is 28.3 Å². The van der Waals surface area contributed by atoms with Gasteiger partial charge in [-0.2, -0.15) is 5.10 Å². The van der Waals surface area contributed by atoms with Crippen LogP contribution in [0.4, 0.5) is 5.69 Å². The topological polar surface area (TPSA) is 97.3 Å². The first-order chi connectivity index (χ1) is 13.8. The lowest BCUT2D eigenvalue weighted by atomic mass is 10.2. The van der Waals surface area contributed by atoms with Crippen LogP contribution < -0.4 is 19.2 Å². The molecule has 8 nitrogen and oxygen atoms in total. The van der Waals surface area contributed by atoms with Crippen molar-refractivity contribution in [2.75, 3.05) is 30.8 Å².